The summed E-state index contributed by atoms with van der Waals surface area (Å²) in [5.74, 6) is 2.84. The molecule has 0 spiro atoms. The van der Waals surface area contributed by atoms with Gasteiger partial charge in [0.2, 0.25) is 0 Å². The zero-order valence-electron chi connectivity index (χ0n) is 18.6. The summed E-state index contributed by atoms with van der Waals surface area (Å²) in [6, 6.07) is 0. The maximum absolute atomic E-state index is 11.5. The summed E-state index contributed by atoms with van der Waals surface area (Å²) < 4.78 is 0. The van der Waals surface area contributed by atoms with E-state index in [-0.39, 0.29) is 29.5 Å². The second kappa shape index (κ2) is 7.82. The van der Waals surface area contributed by atoms with Gasteiger partial charge in [0.1, 0.15) is 0 Å². The lowest BCUT2D eigenvalue weighted by Crippen LogP contribution is -2.58. The molecule has 0 radical (unpaired) electrons. The van der Waals surface area contributed by atoms with E-state index in [4.69, 9.17) is 5.11 Å². The van der Waals surface area contributed by atoms with Gasteiger partial charge >= 0.3 is 5.97 Å². The summed E-state index contributed by atoms with van der Waals surface area (Å²) >= 11 is 0. The first kappa shape index (κ1) is 21.6. The first-order valence-corrected chi connectivity index (χ1v) is 12.3. The molecule has 0 saturated heterocycles. The Bertz CT molecular complexity index is 620. The third-order valence-electron chi connectivity index (χ3n) is 10.6. The van der Waals surface area contributed by atoms with Crippen molar-refractivity contribution in [2.45, 2.75) is 104 Å². The van der Waals surface area contributed by atoms with Crippen LogP contribution in [0.5, 0.6) is 0 Å². The van der Waals surface area contributed by atoms with Crippen LogP contribution in [0.1, 0.15) is 91.4 Å². The lowest BCUT2D eigenvalue weighted by molar-refractivity contribution is -0.175. The van der Waals surface area contributed by atoms with Gasteiger partial charge in [-0.05, 0) is 111 Å². The molecule has 29 heavy (non-hydrogen) atoms. The van der Waals surface area contributed by atoms with E-state index in [2.05, 4.69) is 20.8 Å². The minimum Gasteiger partial charge on any atom is -0.481 e. The highest BCUT2D eigenvalue weighted by Gasteiger charge is 2.63. The van der Waals surface area contributed by atoms with Gasteiger partial charge in [0.15, 0.2) is 0 Å². The van der Waals surface area contributed by atoms with Gasteiger partial charge in [0.25, 0.3) is 0 Å². The number of aliphatic hydroxyl groups excluding tert-OH is 2. The molecule has 4 rings (SSSR count). The first-order valence-electron chi connectivity index (χ1n) is 12.3. The largest absolute Gasteiger partial charge is 0.481 e. The van der Waals surface area contributed by atoms with Crippen molar-refractivity contribution in [1.82, 2.24) is 0 Å². The van der Waals surface area contributed by atoms with Gasteiger partial charge in [-0.1, -0.05) is 20.8 Å². The number of carboxylic acid groups (broad SMARTS) is 1. The van der Waals surface area contributed by atoms with E-state index in [0.29, 0.717) is 29.6 Å². The maximum atomic E-state index is 11.5. The topological polar surface area (TPSA) is 77.8 Å². The van der Waals surface area contributed by atoms with Gasteiger partial charge in [-0.15, -0.1) is 0 Å². The number of fused-ring (bicyclic) bond motifs is 5. The van der Waals surface area contributed by atoms with Crippen LogP contribution in [0.3, 0.4) is 0 Å². The van der Waals surface area contributed by atoms with Gasteiger partial charge in [-0.3, -0.25) is 4.79 Å². The zero-order chi connectivity index (χ0) is 21.0. The van der Waals surface area contributed by atoms with Crippen molar-refractivity contribution in [3.63, 3.8) is 0 Å². The molecule has 4 saturated carbocycles. The standard InChI is InChI=1S/C25H42O4/c1-15(5-4-6-23(28)29)19-9-10-20-18-8-7-16-13-17(26)11-12-24(16,2)21(18)14-22(27)25(19,20)3/h15-22,26-27H,4-14H2,1-3H3,(H,28,29)/t15-,16+,17-,18+,19-,20+,21+,22+,24+,25-/m1/s1. The number of aliphatic hydroxyl groups is 2. The van der Waals surface area contributed by atoms with Crippen LogP contribution in [0.2, 0.25) is 0 Å². The predicted octanol–water partition coefficient (Wildman–Crippen LogP) is 4.87. The Balaban J connectivity index is 1.52. The Kier molecular flexibility index (Phi) is 5.83. The van der Waals surface area contributed by atoms with E-state index in [1.165, 1.54) is 25.7 Å². The molecule has 0 bridgehead atoms. The maximum Gasteiger partial charge on any atom is 0.303 e. The fourth-order valence-corrected chi connectivity index (χ4v) is 8.94. The van der Waals surface area contributed by atoms with Crippen LogP contribution in [-0.4, -0.2) is 33.5 Å². The fourth-order valence-electron chi connectivity index (χ4n) is 8.94. The molecule has 0 unspecified atom stereocenters. The van der Waals surface area contributed by atoms with Crippen molar-refractivity contribution >= 4 is 5.97 Å². The average molecular weight is 407 g/mol. The Morgan fingerprint density at radius 3 is 2.52 bits per heavy atom. The Morgan fingerprint density at radius 1 is 1.03 bits per heavy atom. The summed E-state index contributed by atoms with van der Waals surface area (Å²) in [6.07, 6.45) is 10.5. The number of carbonyl (C=O) groups is 1. The number of carboxylic acids is 1. The second-order valence-corrected chi connectivity index (χ2v) is 11.6. The van der Waals surface area contributed by atoms with Crippen LogP contribution < -0.4 is 0 Å². The lowest BCUT2D eigenvalue weighted by Gasteiger charge is -2.62. The van der Waals surface area contributed by atoms with E-state index in [1.54, 1.807) is 0 Å². The highest BCUT2D eigenvalue weighted by molar-refractivity contribution is 5.66. The molecule has 4 nitrogen and oxygen atoms in total. The molecule has 0 amide bonds. The molecule has 4 fully saturated rings. The number of hydrogen-bond donors (Lipinski definition) is 3. The SMILES string of the molecule is C[C@H](CCCC(=O)O)[C@H]1CC[C@H]2[C@@H]3CC[C@H]4C[C@H](O)CC[C@]4(C)[C@H]3C[C@H](O)[C@]12C. The normalized spacial score (nSPS) is 50.3. The summed E-state index contributed by atoms with van der Waals surface area (Å²) in [6.45, 7) is 7.12. The highest BCUT2D eigenvalue weighted by Crippen LogP contribution is 2.68. The van der Waals surface area contributed by atoms with E-state index in [0.717, 1.165) is 44.4 Å². The van der Waals surface area contributed by atoms with Gasteiger partial charge in [-0.2, -0.15) is 0 Å². The molecule has 0 heterocycles. The summed E-state index contributed by atoms with van der Waals surface area (Å²) in [5, 5.41) is 30.7. The first-order chi connectivity index (χ1) is 13.7. The van der Waals surface area contributed by atoms with Crippen molar-refractivity contribution in [3.05, 3.63) is 0 Å². The molecule has 4 aliphatic carbocycles. The molecular formula is C25H42O4. The quantitative estimate of drug-likeness (QED) is 0.609. The summed E-state index contributed by atoms with van der Waals surface area (Å²) in [5.41, 5.74) is 0.275. The van der Waals surface area contributed by atoms with Crippen molar-refractivity contribution in [1.29, 1.82) is 0 Å². The predicted molar refractivity (Wildman–Crippen MR) is 113 cm³/mol. The number of hydrogen-bond acceptors (Lipinski definition) is 3. The molecule has 4 aliphatic rings. The minimum absolute atomic E-state index is 0.0127. The smallest absolute Gasteiger partial charge is 0.303 e. The van der Waals surface area contributed by atoms with E-state index < -0.39 is 5.97 Å². The third-order valence-corrected chi connectivity index (χ3v) is 10.6. The van der Waals surface area contributed by atoms with Crippen LogP contribution in [0.25, 0.3) is 0 Å². The molecular weight excluding hydrogens is 364 g/mol. The second-order valence-electron chi connectivity index (χ2n) is 11.6. The Labute approximate surface area is 176 Å². The van der Waals surface area contributed by atoms with Crippen molar-refractivity contribution in [2.24, 2.45) is 46.3 Å². The van der Waals surface area contributed by atoms with Crippen molar-refractivity contribution < 1.29 is 20.1 Å². The third kappa shape index (κ3) is 3.46. The van der Waals surface area contributed by atoms with E-state index in [1.807, 2.05) is 0 Å². The van der Waals surface area contributed by atoms with Crippen LogP contribution in [0.15, 0.2) is 0 Å². The summed E-state index contributed by atoms with van der Waals surface area (Å²) in [7, 11) is 0. The summed E-state index contributed by atoms with van der Waals surface area (Å²) in [4.78, 5) is 10.9. The number of aliphatic carboxylic acids is 1. The van der Waals surface area contributed by atoms with E-state index >= 15 is 0 Å². The molecule has 0 aliphatic heterocycles. The average Bonchev–Trinajstić information content (AvgIpc) is 3.02. The van der Waals surface area contributed by atoms with Crippen molar-refractivity contribution in [2.75, 3.05) is 0 Å². The van der Waals surface area contributed by atoms with Gasteiger partial charge in [0, 0.05) is 6.42 Å². The Morgan fingerprint density at radius 2 is 1.79 bits per heavy atom. The van der Waals surface area contributed by atoms with Crippen LogP contribution in [-0.2, 0) is 4.79 Å². The minimum atomic E-state index is -0.698. The van der Waals surface area contributed by atoms with Crippen molar-refractivity contribution in [3.8, 4) is 0 Å². The molecule has 3 N–H and O–H groups in total. The van der Waals surface area contributed by atoms with E-state index in [9.17, 15) is 15.0 Å². The molecule has 10 atom stereocenters. The van der Waals surface area contributed by atoms with Gasteiger partial charge < -0.3 is 15.3 Å². The highest BCUT2D eigenvalue weighted by atomic mass is 16.4. The monoisotopic (exact) mass is 406 g/mol. The molecule has 0 aromatic heterocycles. The number of rotatable bonds is 5. The molecule has 166 valence electrons. The lowest BCUT2D eigenvalue weighted by atomic mass is 9.43. The molecule has 4 heteroatoms. The Hall–Kier alpha value is -0.610. The molecule has 0 aromatic rings. The zero-order valence-corrected chi connectivity index (χ0v) is 18.6. The van der Waals surface area contributed by atoms with Crippen LogP contribution >= 0.6 is 0 Å². The van der Waals surface area contributed by atoms with Gasteiger partial charge in [0.05, 0.1) is 12.2 Å². The van der Waals surface area contributed by atoms with Gasteiger partial charge in [-0.25, -0.2) is 0 Å². The van der Waals surface area contributed by atoms with Crippen LogP contribution in [0, 0.1) is 46.3 Å². The fraction of sp³-hybridized carbons (Fsp3) is 0.960. The molecule has 0 aromatic carbocycles. The van der Waals surface area contributed by atoms with Crippen LogP contribution in [0.4, 0.5) is 0 Å².